The van der Waals surface area contributed by atoms with Gasteiger partial charge >= 0.3 is 0 Å². The number of carbonyl (C=O) groups excluding carboxylic acids is 1. The van der Waals surface area contributed by atoms with Gasteiger partial charge in [-0.2, -0.15) is 0 Å². The largest absolute Gasteiger partial charge is 0.394 e. The first kappa shape index (κ1) is 13.5. The standard InChI is InChI=1S/C8H16O6/c1-13-6(4-10)7(12)8(14-2)5(11)3-9/h6-10,12H,3-4H2,1-2H3/t6-,7-,8-/m1/s1. The van der Waals surface area contributed by atoms with Gasteiger partial charge in [-0.3, -0.25) is 4.79 Å². The van der Waals surface area contributed by atoms with Gasteiger partial charge in [0.2, 0.25) is 0 Å². The molecule has 0 aliphatic rings. The number of Topliss-reactive ketones (excluding diaryl/α,β-unsaturated/α-hetero) is 1. The van der Waals surface area contributed by atoms with Gasteiger partial charge in [-0.05, 0) is 0 Å². The van der Waals surface area contributed by atoms with Gasteiger partial charge in [0.15, 0.2) is 5.78 Å². The van der Waals surface area contributed by atoms with Crippen molar-refractivity contribution in [1.29, 1.82) is 0 Å². The number of methoxy groups -OCH3 is 2. The molecule has 0 aliphatic carbocycles. The molecule has 0 aromatic rings. The number of aliphatic hydroxyl groups is 3. The van der Waals surface area contributed by atoms with Gasteiger partial charge in [0.25, 0.3) is 0 Å². The van der Waals surface area contributed by atoms with Gasteiger partial charge in [0.1, 0.15) is 24.9 Å². The fraction of sp³-hybridized carbons (Fsp3) is 0.875. The zero-order valence-electron chi connectivity index (χ0n) is 8.21. The third-order valence-electron chi connectivity index (χ3n) is 1.90. The van der Waals surface area contributed by atoms with Crippen molar-refractivity contribution in [2.45, 2.75) is 18.3 Å². The molecule has 0 unspecified atom stereocenters. The second kappa shape index (κ2) is 6.86. The first-order valence-corrected chi connectivity index (χ1v) is 4.10. The minimum absolute atomic E-state index is 0.434. The van der Waals surface area contributed by atoms with E-state index in [0.29, 0.717) is 0 Å². The predicted molar refractivity (Wildman–Crippen MR) is 46.8 cm³/mol. The van der Waals surface area contributed by atoms with Crippen LogP contribution in [0.15, 0.2) is 0 Å². The Morgan fingerprint density at radius 3 is 2.14 bits per heavy atom. The highest BCUT2D eigenvalue weighted by molar-refractivity contribution is 5.84. The molecule has 3 atom stereocenters. The van der Waals surface area contributed by atoms with Crippen molar-refractivity contribution in [2.75, 3.05) is 27.4 Å². The minimum atomic E-state index is -1.30. The lowest BCUT2D eigenvalue weighted by molar-refractivity contribution is -0.149. The Labute approximate surface area is 82.1 Å². The summed E-state index contributed by atoms with van der Waals surface area (Å²) < 4.78 is 9.42. The molecular weight excluding hydrogens is 192 g/mol. The lowest BCUT2D eigenvalue weighted by atomic mass is 10.0. The molecule has 0 spiro atoms. The quantitative estimate of drug-likeness (QED) is 0.445. The van der Waals surface area contributed by atoms with Gasteiger partial charge in [-0.25, -0.2) is 0 Å². The van der Waals surface area contributed by atoms with E-state index in [4.69, 9.17) is 19.7 Å². The molecule has 0 aromatic heterocycles. The Bertz CT molecular complexity index is 167. The highest BCUT2D eigenvalue weighted by Crippen LogP contribution is 2.07. The summed E-state index contributed by atoms with van der Waals surface area (Å²) in [5.74, 6) is -0.657. The van der Waals surface area contributed by atoms with Gasteiger partial charge in [0.05, 0.1) is 6.61 Å². The molecule has 6 heteroatoms. The summed E-state index contributed by atoms with van der Waals surface area (Å²) in [4.78, 5) is 11.0. The van der Waals surface area contributed by atoms with Crippen molar-refractivity contribution in [3.63, 3.8) is 0 Å². The molecule has 0 saturated heterocycles. The molecule has 0 radical (unpaired) electrons. The lowest BCUT2D eigenvalue weighted by Gasteiger charge is -2.25. The molecule has 0 rings (SSSR count). The molecule has 0 heterocycles. The van der Waals surface area contributed by atoms with Gasteiger partial charge in [-0.1, -0.05) is 0 Å². The molecule has 6 nitrogen and oxygen atoms in total. The molecule has 14 heavy (non-hydrogen) atoms. The number of rotatable bonds is 7. The first-order chi connectivity index (χ1) is 6.62. The molecule has 0 bridgehead atoms. The Hall–Kier alpha value is -0.530. The van der Waals surface area contributed by atoms with Crippen LogP contribution in [0, 0.1) is 0 Å². The summed E-state index contributed by atoms with van der Waals surface area (Å²) in [5, 5.41) is 26.9. The maximum atomic E-state index is 11.0. The Balaban J connectivity index is 4.42. The number of ether oxygens (including phenoxy) is 2. The van der Waals surface area contributed by atoms with E-state index in [9.17, 15) is 9.90 Å². The van der Waals surface area contributed by atoms with E-state index in [1.807, 2.05) is 0 Å². The predicted octanol–water partition coefficient (Wildman–Crippen LogP) is -2.07. The Morgan fingerprint density at radius 1 is 1.29 bits per heavy atom. The third-order valence-corrected chi connectivity index (χ3v) is 1.90. The minimum Gasteiger partial charge on any atom is -0.394 e. The second-order valence-electron chi connectivity index (χ2n) is 2.73. The number of hydrogen-bond acceptors (Lipinski definition) is 6. The SMILES string of the molecule is CO[C@H](C(=O)CO)[C@H](O)[C@@H](CO)OC. The van der Waals surface area contributed by atoms with E-state index in [1.54, 1.807) is 0 Å². The van der Waals surface area contributed by atoms with Crippen LogP contribution < -0.4 is 0 Å². The monoisotopic (exact) mass is 208 g/mol. The fourth-order valence-electron chi connectivity index (χ4n) is 1.07. The third kappa shape index (κ3) is 3.32. The van der Waals surface area contributed by atoms with Crippen molar-refractivity contribution in [3.05, 3.63) is 0 Å². The number of aliphatic hydroxyl groups excluding tert-OH is 3. The molecule has 0 aromatic carbocycles. The van der Waals surface area contributed by atoms with E-state index in [2.05, 4.69) is 0 Å². The number of ketones is 1. The smallest absolute Gasteiger partial charge is 0.189 e. The van der Waals surface area contributed by atoms with Crippen LogP contribution in [0.5, 0.6) is 0 Å². The van der Waals surface area contributed by atoms with E-state index in [0.717, 1.165) is 0 Å². The van der Waals surface area contributed by atoms with Crippen LogP contribution in [0.3, 0.4) is 0 Å². The Kier molecular flexibility index (Phi) is 6.60. The molecule has 84 valence electrons. The summed E-state index contributed by atoms with van der Waals surface area (Å²) in [6.07, 6.45) is -3.39. The Morgan fingerprint density at radius 2 is 1.86 bits per heavy atom. The molecular formula is C8H16O6. The van der Waals surface area contributed by atoms with E-state index < -0.39 is 37.3 Å². The highest BCUT2D eigenvalue weighted by Gasteiger charge is 2.32. The van der Waals surface area contributed by atoms with Crippen LogP contribution in [-0.4, -0.2) is 66.8 Å². The summed E-state index contributed by atoms with van der Waals surface area (Å²) in [6, 6.07) is 0. The van der Waals surface area contributed by atoms with Gasteiger partial charge < -0.3 is 24.8 Å². The number of carbonyl (C=O) groups is 1. The van der Waals surface area contributed by atoms with E-state index >= 15 is 0 Å². The molecule has 3 N–H and O–H groups in total. The average molecular weight is 208 g/mol. The molecule has 0 saturated carbocycles. The highest BCUT2D eigenvalue weighted by atomic mass is 16.5. The molecule has 0 amide bonds. The van der Waals surface area contributed by atoms with E-state index in [-0.39, 0.29) is 0 Å². The maximum Gasteiger partial charge on any atom is 0.189 e. The summed E-state index contributed by atoms with van der Waals surface area (Å²) in [7, 11) is 2.52. The number of hydrogen-bond donors (Lipinski definition) is 3. The van der Waals surface area contributed by atoms with Crippen LogP contribution in [0.25, 0.3) is 0 Å². The first-order valence-electron chi connectivity index (χ1n) is 4.10. The van der Waals surface area contributed by atoms with Crippen LogP contribution in [0.1, 0.15) is 0 Å². The summed E-state index contributed by atoms with van der Waals surface area (Å²) in [6.45, 7) is -1.16. The fourth-order valence-corrected chi connectivity index (χ4v) is 1.07. The summed E-state index contributed by atoms with van der Waals surface area (Å²) in [5.41, 5.74) is 0. The normalized spacial score (nSPS) is 17.5. The van der Waals surface area contributed by atoms with Crippen LogP contribution in [0.4, 0.5) is 0 Å². The van der Waals surface area contributed by atoms with Crippen molar-refractivity contribution in [3.8, 4) is 0 Å². The zero-order valence-corrected chi connectivity index (χ0v) is 8.21. The second-order valence-corrected chi connectivity index (χ2v) is 2.73. The van der Waals surface area contributed by atoms with Crippen molar-refractivity contribution < 1.29 is 29.6 Å². The van der Waals surface area contributed by atoms with Gasteiger partial charge in [0, 0.05) is 14.2 Å². The van der Waals surface area contributed by atoms with Crippen LogP contribution in [-0.2, 0) is 14.3 Å². The van der Waals surface area contributed by atoms with Crippen molar-refractivity contribution in [2.24, 2.45) is 0 Å². The molecule has 0 aliphatic heterocycles. The average Bonchev–Trinajstić information content (AvgIpc) is 2.20. The summed E-state index contributed by atoms with van der Waals surface area (Å²) >= 11 is 0. The zero-order chi connectivity index (χ0) is 11.1. The van der Waals surface area contributed by atoms with Crippen molar-refractivity contribution in [1.82, 2.24) is 0 Å². The molecule has 0 fully saturated rings. The van der Waals surface area contributed by atoms with Crippen LogP contribution in [0.2, 0.25) is 0 Å². The van der Waals surface area contributed by atoms with Crippen LogP contribution >= 0.6 is 0 Å². The maximum absolute atomic E-state index is 11.0. The lowest BCUT2D eigenvalue weighted by Crippen LogP contribution is -2.46. The topological polar surface area (TPSA) is 96.2 Å². The van der Waals surface area contributed by atoms with E-state index in [1.165, 1.54) is 14.2 Å². The van der Waals surface area contributed by atoms with Gasteiger partial charge in [-0.15, -0.1) is 0 Å². The van der Waals surface area contributed by atoms with Crippen molar-refractivity contribution >= 4 is 5.78 Å².